The van der Waals surface area contributed by atoms with Crippen LogP contribution in [0.5, 0.6) is 5.75 Å². The minimum Gasteiger partial charge on any atom is -0.497 e. The van der Waals surface area contributed by atoms with Crippen molar-refractivity contribution >= 4 is 11.8 Å². The van der Waals surface area contributed by atoms with Crippen molar-refractivity contribution in [1.82, 2.24) is 0 Å². The van der Waals surface area contributed by atoms with Crippen LogP contribution in [0.15, 0.2) is 18.2 Å². The number of hydrogen-bond acceptors (Lipinski definition) is 5. The van der Waals surface area contributed by atoms with Gasteiger partial charge in [0, 0.05) is 5.56 Å². The molecule has 1 aromatic carbocycles. The second kappa shape index (κ2) is 6.17. The Labute approximate surface area is 109 Å². The number of methoxy groups -OCH3 is 1. The topological polar surface area (TPSA) is 136 Å². The SMILES string of the molecule is COc1ccc(C(O)C(O)CC(N)=O)c(C(N)=O)c1. The number of amides is 2. The molecule has 0 aliphatic rings. The fourth-order valence-corrected chi connectivity index (χ4v) is 1.66. The van der Waals surface area contributed by atoms with E-state index in [1.807, 2.05) is 0 Å². The lowest BCUT2D eigenvalue weighted by Crippen LogP contribution is -2.27. The molecular formula is C12H16N2O5. The average molecular weight is 268 g/mol. The molecule has 2 amide bonds. The lowest BCUT2D eigenvalue weighted by molar-refractivity contribution is -0.121. The van der Waals surface area contributed by atoms with Gasteiger partial charge in [0.1, 0.15) is 11.9 Å². The van der Waals surface area contributed by atoms with Gasteiger partial charge in [-0.2, -0.15) is 0 Å². The van der Waals surface area contributed by atoms with E-state index in [9.17, 15) is 19.8 Å². The van der Waals surface area contributed by atoms with Gasteiger partial charge in [0.15, 0.2) is 0 Å². The highest BCUT2D eigenvalue weighted by atomic mass is 16.5. The maximum atomic E-state index is 11.3. The molecule has 1 aromatic rings. The van der Waals surface area contributed by atoms with Crippen LogP contribution in [0.2, 0.25) is 0 Å². The zero-order valence-corrected chi connectivity index (χ0v) is 10.4. The Balaban J connectivity index is 3.11. The van der Waals surface area contributed by atoms with E-state index in [4.69, 9.17) is 16.2 Å². The number of nitrogens with two attached hydrogens (primary N) is 2. The molecule has 0 spiro atoms. The van der Waals surface area contributed by atoms with Crippen LogP contribution in [-0.4, -0.2) is 35.2 Å². The number of carbonyl (C=O) groups excluding carboxylic acids is 2. The molecule has 0 fully saturated rings. The van der Waals surface area contributed by atoms with Gasteiger partial charge in [-0.3, -0.25) is 9.59 Å². The van der Waals surface area contributed by atoms with Crippen molar-refractivity contribution in [3.8, 4) is 5.75 Å². The van der Waals surface area contributed by atoms with Crippen molar-refractivity contribution in [3.63, 3.8) is 0 Å². The third kappa shape index (κ3) is 3.67. The molecule has 2 unspecified atom stereocenters. The van der Waals surface area contributed by atoms with Crippen molar-refractivity contribution in [3.05, 3.63) is 29.3 Å². The Morgan fingerprint density at radius 3 is 2.42 bits per heavy atom. The molecule has 0 aliphatic heterocycles. The number of rotatable bonds is 6. The molecule has 0 radical (unpaired) electrons. The molecule has 19 heavy (non-hydrogen) atoms. The third-order valence-corrected chi connectivity index (χ3v) is 2.62. The van der Waals surface area contributed by atoms with Crippen molar-refractivity contribution in [2.45, 2.75) is 18.6 Å². The van der Waals surface area contributed by atoms with E-state index in [0.29, 0.717) is 5.75 Å². The van der Waals surface area contributed by atoms with Crippen LogP contribution < -0.4 is 16.2 Å². The smallest absolute Gasteiger partial charge is 0.249 e. The quantitative estimate of drug-likeness (QED) is 0.528. The van der Waals surface area contributed by atoms with E-state index < -0.39 is 30.4 Å². The monoisotopic (exact) mass is 268 g/mol. The molecule has 104 valence electrons. The predicted molar refractivity (Wildman–Crippen MR) is 66.3 cm³/mol. The first-order chi connectivity index (χ1) is 8.86. The van der Waals surface area contributed by atoms with E-state index in [1.54, 1.807) is 0 Å². The number of aliphatic hydroxyl groups is 2. The lowest BCUT2D eigenvalue weighted by atomic mass is 9.96. The fourth-order valence-electron chi connectivity index (χ4n) is 1.66. The van der Waals surface area contributed by atoms with Gasteiger partial charge in [-0.25, -0.2) is 0 Å². The molecule has 7 heteroatoms. The number of benzene rings is 1. The minimum atomic E-state index is -1.44. The predicted octanol–water partition coefficient (Wildman–Crippen LogP) is -0.936. The third-order valence-electron chi connectivity index (χ3n) is 2.62. The van der Waals surface area contributed by atoms with Crippen molar-refractivity contribution in [2.24, 2.45) is 11.5 Å². The summed E-state index contributed by atoms with van der Waals surface area (Å²) < 4.78 is 4.94. The molecule has 6 N–H and O–H groups in total. The van der Waals surface area contributed by atoms with E-state index in [-0.39, 0.29) is 11.1 Å². The first-order valence-corrected chi connectivity index (χ1v) is 5.49. The summed E-state index contributed by atoms with van der Waals surface area (Å²) in [7, 11) is 1.41. The molecule has 1 rings (SSSR count). The Hall–Kier alpha value is -2.12. The van der Waals surface area contributed by atoms with Gasteiger partial charge in [0.2, 0.25) is 11.8 Å². The summed E-state index contributed by atoms with van der Waals surface area (Å²) >= 11 is 0. The Morgan fingerprint density at radius 2 is 1.95 bits per heavy atom. The van der Waals surface area contributed by atoms with Crippen LogP contribution in [0.3, 0.4) is 0 Å². The minimum absolute atomic E-state index is 0.00960. The van der Waals surface area contributed by atoms with Gasteiger partial charge in [0.05, 0.1) is 19.6 Å². The maximum Gasteiger partial charge on any atom is 0.249 e. The van der Waals surface area contributed by atoms with Crippen LogP contribution in [0.1, 0.15) is 28.4 Å². The summed E-state index contributed by atoms with van der Waals surface area (Å²) in [5.41, 5.74) is 10.3. The van der Waals surface area contributed by atoms with Gasteiger partial charge < -0.3 is 26.4 Å². The largest absolute Gasteiger partial charge is 0.497 e. The van der Waals surface area contributed by atoms with Crippen molar-refractivity contribution in [2.75, 3.05) is 7.11 Å². The summed E-state index contributed by atoms with van der Waals surface area (Å²) in [6.45, 7) is 0. The number of carbonyl (C=O) groups is 2. The van der Waals surface area contributed by atoms with Gasteiger partial charge in [-0.1, -0.05) is 6.07 Å². The van der Waals surface area contributed by atoms with Crippen LogP contribution in [0.25, 0.3) is 0 Å². The first-order valence-electron chi connectivity index (χ1n) is 5.49. The lowest BCUT2D eigenvalue weighted by Gasteiger charge is -2.19. The van der Waals surface area contributed by atoms with Crippen LogP contribution >= 0.6 is 0 Å². The summed E-state index contributed by atoms with van der Waals surface area (Å²) in [6.07, 6.45) is -3.28. The highest BCUT2D eigenvalue weighted by Gasteiger charge is 2.24. The number of hydrogen-bond donors (Lipinski definition) is 4. The zero-order chi connectivity index (χ0) is 14.6. The Morgan fingerprint density at radius 1 is 1.32 bits per heavy atom. The highest BCUT2D eigenvalue weighted by Crippen LogP contribution is 2.26. The van der Waals surface area contributed by atoms with E-state index in [2.05, 4.69) is 0 Å². The number of ether oxygens (including phenoxy) is 1. The zero-order valence-electron chi connectivity index (χ0n) is 10.4. The standard InChI is InChI=1S/C12H16N2O5/c1-19-6-2-3-7(8(4-6)12(14)18)11(17)9(15)5-10(13)16/h2-4,9,11,15,17H,5H2,1H3,(H2,13,16)(H2,14,18). The number of primary amides is 2. The van der Waals surface area contributed by atoms with Crippen molar-refractivity contribution < 1.29 is 24.5 Å². The molecule has 2 atom stereocenters. The molecule has 7 nitrogen and oxygen atoms in total. The first kappa shape index (κ1) is 14.9. The van der Waals surface area contributed by atoms with E-state index in [1.165, 1.54) is 25.3 Å². The van der Waals surface area contributed by atoms with Gasteiger partial charge in [0.25, 0.3) is 0 Å². The molecule has 0 saturated heterocycles. The van der Waals surface area contributed by atoms with Crippen LogP contribution in [0.4, 0.5) is 0 Å². The summed E-state index contributed by atoms with van der Waals surface area (Å²) in [4.78, 5) is 22.0. The molecular weight excluding hydrogens is 252 g/mol. The van der Waals surface area contributed by atoms with Gasteiger partial charge >= 0.3 is 0 Å². The maximum absolute atomic E-state index is 11.3. The molecule has 0 saturated carbocycles. The molecule has 0 bridgehead atoms. The Kier molecular flexibility index (Phi) is 4.85. The highest BCUT2D eigenvalue weighted by molar-refractivity contribution is 5.95. The van der Waals surface area contributed by atoms with Crippen LogP contribution in [0, 0.1) is 0 Å². The van der Waals surface area contributed by atoms with E-state index in [0.717, 1.165) is 0 Å². The fraction of sp³-hybridized carbons (Fsp3) is 0.333. The summed E-state index contributed by atoms with van der Waals surface area (Å²) in [6, 6.07) is 4.24. The second-order valence-corrected chi connectivity index (χ2v) is 4.00. The molecule has 0 heterocycles. The van der Waals surface area contributed by atoms with Crippen molar-refractivity contribution in [1.29, 1.82) is 0 Å². The normalized spacial score (nSPS) is 13.6. The van der Waals surface area contributed by atoms with Crippen LogP contribution in [-0.2, 0) is 4.79 Å². The molecule has 0 aliphatic carbocycles. The summed E-state index contributed by atoms with van der Waals surface area (Å²) in [5.74, 6) is -1.16. The number of aliphatic hydroxyl groups excluding tert-OH is 2. The molecule has 0 aromatic heterocycles. The van der Waals surface area contributed by atoms with Gasteiger partial charge in [-0.15, -0.1) is 0 Å². The Bertz CT molecular complexity index is 489. The van der Waals surface area contributed by atoms with Gasteiger partial charge in [-0.05, 0) is 17.7 Å². The average Bonchev–Trinajstić information content (AvgIpc) is 2.36. The van der Waals surface area contributed by atoms with E-state index >= 15 is 0 Å². The second-order valence-electron chi connectivity index (χ2n) is 4.00. The summed E-state index contributed by atoms with van der Waals surface area (Å²) in [5, 5.41) is 19.6.